The van der Waals surface area contributed by atoms with Crippen LogP contribution in [0.15, 0.2) is 41.9 Å². The molecule has 7 heteroatoms. The first-order valence-corrected chi connectivity index (χ1v) is 9.28. The molecule has 4 rings (SSSR count). The van der Waals surface area contributed by atoms with Gasteiger partial charge in [0.1, 0.15) is 0 Å². The maximum absolute atomic E-state index is 12.7. The van der Waals surface area contributed by atoms with E-state index in [1.165, 1.54) is 11.3 Å². The summed E-state index contributed by atoms with van der Waals surface area (Å²) in [6.07, 6.45) is 4.23. The number of likely N-dealkylation sites (tertiary alicyclic amines) is 1. The first kappa shape index (κ1) is 16.0. The van der Waals surface area contributed by atoms with Crippen LogP contribution in [0.1, 0.15) is 47.2 Å². The molecule has 1 atom stereocenters. The monoisotopic (exact) mass is 354 g/mol. The summed E-state index contributed by atoms with van der Waals surface area (Å²) in [5.41, 5.74) is 0.782. The van der Waals surface area contributed by atoms with Gasteiger partial charge in [-0.15, -0.1) is 21.5 Å². The van der Waals surface area contributed by atoms with Gasteiger partial charge in [-0.1, -0.05) is 12.1 Å². The number of fused-ring (bicyclic) bond motifs is 1. The van der Waals surface area contributed by atoms with E-state index < -0.39 is 0 Å². The first-order chi connectivity index (χ1) is 12.2. The van der Waals surface area contributed by atoms with Gasteiger partial charge in [-0.3, -0.25) is 14.0 Å². The van der Waals surface area contributed by atoms with Gasteiger partial charge in [-0.05, 0) is 36.4 Å². The van der Waals surface area contributed by atoms with Crippen LogP contribution in [0.4, 0.5) is 0 Å². The summed E-state index contributed by atoms with van der Waals surface area (Å²) in [7, 11) is 0. The van der Waals surface area contributed by atoms with Crippen molar-refractivity contribution >= 4 is 28.7 Å². The number of nitrogens with zero attached hydrogens (tertiary/aromatic N) is 4. The van der Waals surface area contributed by atoms with Crippen LogP contribution in [-0.4, -0.2) is 37.7 Å². The molecule has 0 saturated carbocycles. The number of pyridine rings is 1. The van der Waals surface area contributed by atoms with E-state index in [0.717, 1.165) is 24.3 Å². The van der Waals surface area contributed by atoms with Crippen molar-refractivity contribution in [2.24, 2.45) is 0 Å². The summed E-state index contributed by atoms with van der Waals surface area (Å²) in [6.45, 7) is 0.707. The minimum atomic E-state index is -0.0678. The topological polar surface area (TPSA) is 67.6 Å². The third kappa shape index (κ3) is 3.07. The lowest BCUT2D eigenvalue weighted by atomic mass is 10.1. The number of ketones is 1. The Morgan fingerprint density at radius 1 is 1.16 bits per heavy atom. The molecule has 3 aromatic rings. The normalized spacial score (nSPS) is 17.3. The molecule has 1 saturated heterocycles. The number of hydrogen-bond acceptors (Lipinski definition) is 5. The average molecular weight is 354 g/mol. The molecule has 0 spiro atoms. The van der Waals surface area contributed by atoms with E-state index in [-0.39, 0.29) is 30.6 Å². The van der Waals surface area contributed by atoms with E-state index in [2.05, 4.69) is 10.2 Å². The minimum Gasteiger partial charge on any atom is -0.332 e. The molecule has 25 heavy (non-hydrogen) atoms. The van der Waals surface area contributed by atoms with E-state index in [9.17, 15) is 9.59 Å². The Morgan fingerprint density at radius 2 is 2.08 bits per heavy atom. The molecule has 0 aromatic carbocycles. The van der Waals surface area contributed by atoms with Gasteiger partial charge in [0.05, 0.1) is 10.9 Å². The van der Waals surface area contributed by atoms with Crippen molar-refractivity contribution in [3.05, 3.63) is 52.6 Å². The zero-order valence-corrected chi connectivity index (χ0v) is 14.5. The fraction of sp³-hybridized carbons (Fsp3) is 0.333. The van der Waals surface area contributed by atoms with Gasteiger partial charge < -0.3 is 4.90 Å². The molecule has 0 aliphatic carbocycles. The van der Waals surface area contributed by atoms with Crippen molar-refractivity contribution in [3.8, 4) is 0 Å². The van der Waals surface area contributed by atoms with Crippen molar-refractivity contribution in [1.29, 1.82) is 0 Å². The fourth-order valence-corrected chi connectivity index (χ4v) is 4.04. The number of rotatable bonds is 5. The molecule has 1 aliphatic heterocycles. The summed E-state index contributed by atoms with van der Waals surface area (Å²) in [4.78, 5) is 27.4. The number of amides is 1. The molecule has 1 amide bonds. The number of Topliss-reactive ketones (excluding diaryl/α,β-unsaturated/α-hetero) is 1. The van der Waals surface area contributed by atoms with Crippen LogP contribution in [0.5, 0.6) is 0 Å². The second-order valence-electron chi connectivity index (χ2n) is 6.13. The van der Waals surface area contributed by atoms with E-state index in [4.69, 9.17) is 0 Å². The van der Waals surface area contributed by atoms with Crippen molar-refractivity contribution in [3.63, 3.8) is 0 Å². The third-order valence-electron chi connectivity index (χ3n) is 4.57. The lowest BCUT2D eigenvalue weighted by Gasteiger charge is -2.23. The molecule has 1 unspecified atom stereocenters. The molecule has 0 radical (unpaired) electrons. The maximum Gasteiger partial charge on any atom is 0.223 e. The Hall–Kier alpha value is -2.54. The number of carbonyl (C=O) groups excluding carboxylic acids is 2. The summed E-state index contributed by atoms with van der Waals surface area (Å²) in [6, 6.07) is 9.34. The quantitative estimate of drug-likeness (QED) is 0.660. The van der Waals surface area contributed by atoms with E-state index in [1.807, 2.05) is 45.1 Å². The van der Waals surface area contributed by atoms with Gasteiger partial charge in [0.2, 0.25) is 5.91 Å². The number of aromatic nitrogens is 3. The van der Waals surface area contributed by atoms with Crippen LogP contribution >= 0.6 is 11.3 Å². The maximum atomic E-state index is 12.7. The highest BCUT2D eigenvalue weighted by Gasteiger charge is 2.33. The Kier molecular flexibility index (Phi) is 4.31. The summed E-state index contributed by atoms with van der Waals surface area (Å²) < 4.78 is 1.94. The van der Waals surface area contributed by atoms with Crippen molar-refractivity contribution < 1.29 is 9.59 Å². The lowest BCUT2D eigenvalue weighted by molar-refractivity contribution is -0.132. The van der Waals surface area contributed by atoms with Crippen molar-refractivity contribution in [1.82, 2.24) is 19.5 Å². The van der Waals surface area contributed by atoms with Gasteiger partial charge in [-0.2, -0.15) is 0 Å². The second kappa shape index (κ2) is 6.76. The van der Waals surface area contributed by atoms with E-state index in [1.54, 1.807) is 6.07 Å². The Bertz CT molecular complexity index is 903. The van der Waals surface area contributed by atoms with Crippen LogP contribution in [0.3, 0.4) is 0 Å². The predicted molar refractivity (Wildman–Crippen MR) is 94.6 cm³/mol. The molecule has 4 heterocycles. The first-order valence-electron chi connectivity index (χ1n) is 8.40. The zero-order valence-electron chi connectivity index (χ0n) is 13.7. The molecule has 3 aromatic heterocycles. The second-order valence-corrected chi connectivity index (χ2v) is 7.08. The van der Waals surface area contributed by atoms with Crippen LogP contribution in [0, 0.1) is 0 Å². The van der Waals surface area contributed by atoms with Crippen LogP contribution in [0.2, 0.25) is 0 Å². The highest BCUT2D eigenvalue weighted by atomic mass is 32.1. The summed E-state index contributed by atoms with van der Waals surface area (Å²) in [5, 5.41) is 10.4. The lowest BCUT2D eigenvalue weighted by Crippen LogP contribution is -2.31. The van der Waals surface area contributed by atoms with Crippen molar-refractivity contribution in [2.75, 3.05) is 6.54 Å². The highest BCUT2D eigenvalue weighted by Crippen LogP contribution is 2.31. The molecular weight excluding hydrogens is 336 g/mol. The van der Waals surface area contributed by atoms with Gasteiger partial charge in [-0.25, -0.2) is 0 Å². The molecule has 1 fully saturated rings. The van der Waals surface area contributed by atoms with E-state index >= 15 is 0 Å². The molecule has 128 valence electrons. The smallest absolute Gasteiger partial charge is 0.223 e. The molecule has 0 N–H and O–H groups in total. The molecule has 0 bridgehead atoms. The van der Waals surface area contributed by atoms with Gasteiger partial charge in [0.25, 0.3) is 0 Å². The van der Waals surface area contributed by atoms with Gasteiger partial charge in [0.15, 0.2) is 17.3 Å². The number of hydrogen-bond donors (Lipinski definition) is 0. The molecule has 6 nitrogen and oxygen atoms in total. The minimum absolute atomic E-state index is 0.0140. The summed E-state index contributed by atoms with van der Waals surface area (Å²) >= 11 is 1.42. The van der Waals surface area contributed by atoms with Gasteiger partial charge >= 0.3 is 0 Å². The van der Waals surface area contributed by atoms with Crippen molar-refractivity contribution in [2.45, 2.75) is 31.7 Å². The van der Waals surface area contributed by atoms with Gasteiger partial charge in [0, 0.05) is 25.6 Å². The highest BCUT2D eigenvalue weighted by molar-refractivity contribution is 7.12. The van der Waals surface area contributed by atoms with Crippen LogP contribution in [0.25, 0.3) is 5.65 Å². The Morgan fingerprint density at radius 3 is 2.92 bits per heavy atom. The Labute approximate surface area is 149 Å². The third-order valence-corrected chi connectivity index (χ3v) is 5.48. The average Bonchev–Trinajstić information content (AvgIpc) is 3.38. The van der Waals surface area contributed by atoms with Crippen LogP contribution < -0.4 is 0 Å². The predicted octanol–water partition coefficient (Wildman–Crippen LogP) is 3.12. The zero-order chi connectivity index (χ0) is 17.2. The summed E-state index contributed by atoms with van der Waals surface area (Å²) in [5.74, 6) is 0.846. The van der Waals surface area contributed by atoms with E-state index in [0.29, 0.717) is 11.4 Å². The molecule has 1 aliphatic rings. The van der Waals surface area contributed by atoms with Crippen LogP contribution in [-0.2, 0) is 4.79 Å². The number of carbonyl (C=O) groups is 2. The standard InChI is InChI=1S/C18H18N4O2S/c23-14(15-6-4-12-25-15)8-9-17(24)21-11-3-5-13(21)18-20-19-16-7-1-2-10-22(16)18/h1-2,4,6-7,10,12-13H,3,5,8-9,11H2. The largest absolute Gasteiger partial charge is 0.332 e. The Balaban J connectivity index is 1.47. The molecular formula is C18H18N4O2S. The number of thiophene rings is 1. The SMILES string of the molecule is O=C(CCC(=O)N1CCCC1c1nnc2ccccn12)c1cccs1. The fourth-order valence-electron chi connectivity index (χ4n) is 3.35.